The SMILES string of the molecule is CN(CC#Cc1ccc(F)cc1)C1C[C@@H]2CC[C@H]1[C@@H](C(=O)O)N2C(=O)N(c1ccccc1)c1ccccc1. The standard InChI is InChI=1S/C31H30FN3O3/c1-33(20-8-9-22-14-16-23(32)17-15-22)28-21-26-18-19-27(28)29(30(36)37)35(26)31(38)34(24-10-4-2-5-11-24)25-12-6-3-7-13-25/h2-7,10-17,26-29H,18-21H2,1H3,(H,36,37)/t26-,27+,28?,29-/m0/s1. The molecule has 3 aliphatic rings. The second kappa shape index (κ2) is 11.1. The topological polar surface area (TPSA) is 64.1 Å². The second-order valence-corrected chi connectivity index (χ2v) is 9.90. The first-order valence-corrected chi connectivity index (χ1v) is 12.8. The molecule has 0 aromatic heterocycles. The predicted octanol–water partition coefficient (Wildman–Crippen LogP) is 5.37. The van der Waals surface area contributed by atoms with Gasteiger partial charge in [0.25, 0.3) is 0 Å². The van der Waals surface area contributed by atoms with Crippen LogP contribution in [0.15, 0.2) is 84.9 Å². The van der Waals surface area contributed by atoms with Crippen LogP contribution in [0.3, 0.4) is 0 Å². The van der Waals surface area contributed by atoms with E-state index in [0.29, 0.717) is 24.3 Å². The maximum atomic E-state index is 14.2. The zero-order valence-electron chi connectivity index (χ0n) is 21.2. The minimum absolute atomic E-state index is 0.0108. The zero-order valence-corrected chi connectivity index (χ0v) is 21.2. The van der Waals surface area contributed by atoms with Gasteiger partial charge in [-0.2, -0.15) is 0 Å². The van der Waals surface area contributed by atoms with Crippen molar-refractivity contribution in [1.29, 1.82) is 0 Å². The van der Waals surface area contributed by atoms with Crippen molar-refractivity contribution in [2.75, 3.05) is 18.5 Å². The molecule has 1 unspecified atom stereocenters. The third-order valence-corrected chi connectivity index (χ3v) is 7.61. The Morgan fingerprint density at radius 3 is 2.13 bits per heavy atom. The minimum Gasteiger partial charge on any atom is -0.480 e. The molecule has 38 heavy (non-hydrogen) atoms. The van der Waals surface area contributed by atoms with Crippen LogP contribution in [0.1, 0.15) is 24.8 Å². The van der Waals surface area contributed by atoms with Crippen LogP contribution >= 0.6 is 0 Å². The van der Waals surface area contributed by atoms with E-state index >= 15 is 0 Å². The average Bonchev–Trinajstić information content (AvgIpc) is 2.95. The molecule has 2 bridgehead atoms. The van der Waals surface area contributed by atoms with Crippen LogP contribution in [0, 0.1) is 23.6 Å². The Labute approximate surface area is 222 Å². The van der Waals surface area contributed by atoms with E-state index in [4.69, 9.17) is 0 Å². The number of rotatable bonds is 5. The lowest BCUT2D eigenvalue weighted by atomic mass is 9.70. The fourth-order valence-electron chi connectivity index (χ4n) is 5.84. The normalized spacial score (nSPS) is 22.0. The molecule has 0 radical (unpaired) electrons. The van der Waals surface area contributed by atoms with Crippen LogP contribution in [0.25, 0.3) is 0 Å². The third kappa shape index (κ3) is 5.13. The molecule has 1 saturated carbocycles. The van der Waals surface area contributed by atoms with Crippen molar-refractivity contribution >= 4 is 23.4 Å². The maximum Gasteiger partial charge on any atom is 0.330 e. The van der Waals surface area contributed by atoms with Gasteiger partial charge in [-0.05, 0) is 74.8 Å². The number of hydrogen-bond acceptors (Lipinski definition) is 3. The monoisotopic (exact) mass is 511 g/mol. The van der Waals surface area contributed by atoms with Gasteiger partial charge in [-0.3, -0.25) is 9.80 Å². The quantitative estimate of drug-likeness (QED) is 0.468. The molecule has 2 aliphatic heterocycles. The molecule has 2 saturated heterocycles. The highest BCUT2D eigenvalue weighted by atomic mass is 19.1. The van der Waals surface area contributed by atoms with Crippen molar-refractivity contribution in [1.82, 2.24) is 9.80 Å². The first kappa shape index (κ1) is 25.5. The predicted molar refractivity (Wildman–Crippen MR) is 145 cm³/mol. The Kier molecular flexibility index (Phi) is 7.43. The number of amides is 2. The molecule has 7 heteroatoms. The van der Waals surface area contributed by atoms with E-state index in [1.165, 1.54) is 12.1 Å². The molecule has 2 heterocycles. The summed E-state index contributed by atoms with van der Waals surface area (Å²) in [4.78, 5) is 32.1. The Bertz CT molecular complexity index is 1300. The smallest absolute Gasteiger partial charge is 0.330 e. The summed E-state index contributed by atoms with van der Waals surface area (Å²) in [6.07, 6.45) is 2.19. The van der Waals surface area contributed by atoms with E-state index in [2.05, 4.69) is 16.7 Å². The van der Waals surface area contributed by atoms with Crippen LogP contribution < -0.4 is 4.90 Å². The number of carboxylic acid groups (broad SMARTS) is 1. The van der Waals surface area contributed by atoms with Crippen molar-refractivity contribution in [3.63, 3.8) is 0 Å². The Morgan fingerprint density at radius 2 is 1.55 bits per heavy atom. The number of para-hydroxylation sites is 2. The van der Waals surface area contributed by atoms with Crippen LogP contribution in [0.4, 0.5) is 20.6 Å². The lowest BCUT2D eigenvalue weighted by Crippen LogP contribution is -2.68. The summed E-state index contributed by atoms with van der Waals surface area (Å²) in [5, 5.41) is 10.4. The van der Waals surface area contributed by atoms with Gasteiger partial charge in [0, 0.05) is 23.6 Å². The molecule has 3 fully saturated rings. The molecule has 4 atom stereocenters. The molecular weight excluding hydrogens is 481 g/mol. The fraction of sp³-hybridized carbons (Fsp3) is 0.290. The Hall–Kier alpha value is -4.15. The molecule has 1 N–H and O–H groups in total. The largest absolute Gasteiger partial charge is 0.480 e. The molecule has 194 valence electrons. The van der Waals surface area contributed by atoms with Gasteiger partial charge in [0.2, 0.25) is 0 Å². The molecule has 0 spiro atoms. The van der Waals surface area contributed by atoms with E-state index in [1.54, 1.807) is 21.9 Å². The van der Waals surface area contributed by atoms with Crippen LogP contribution in [0.2, 0.25) is 0 Å². The molecule has 3 aromatic carbocycles. The number of carboxylic acids is 1. The number of carbonyl (C=O) groups is 2. The molecule has 6 nitrogen and oxygen atoms in total. The summed E-state index contributed by atoms with van der Waals surface area (Å²) in [6.45, 7) is 0.450. The molecular formula is C31H30FN3O3. The number of aliphatic carboxylic acids is 1. The van der Waals surface area contributed by atoms with Gasteiger partial charge in [-0.15, -0.1) is 0 Å². The minimum atomic E-state index is -0.982. The molecule has 3 aromatic rings. The van der Waals surface area contributed by atoms with Crippen molar-refractivity contribution in [3.05, 3.63) is 96.3 Å². The number of halogens is 1. The number of nitrogens with zero attached hydrogens (tertiary/aromatic N) is 3. The van der Waals surface area contributed by atoms with Crippen molar-refractivity contribution in [2.45, 2.75) is 37.4 Å². The van der Waals surface area contributed by atoms with Gasteiger partial charge in [-0.25, -0.2) is 14.0 Å². The van der Waals surface area contributed by atoms with E-state index < -0.39 is 12.0 Å². The zero-order chi connectivity index (χ0) is 26.6. The van der Waals surface area contributed by atoms with E-state index in [0.717, 1.165) is 18.4 Å². The van der Waals surface area contributed by atoms with E-state index in [1.807, 2.05) is 67.7 Å². The summed E-state index contributed by atoms with van der Waals surface area (Å²) < 4.78 is 13.2. The number of fused-ring (bicyclic) bond motifs is 3. The van der Waals surface area contributed by atoms with E-state index in [9.17, 15) is 19.1 Å². The first-order chi connectivity index (χ1) is 18.4. The lowest BCUT2D eigenvalue weighted by molar-refractivity contribution is -0.152. The highest BCUT2D eigenvalue weighted by molar-refractivity contribution is 6.01. The van der Waals surface area contributed by atoms with Gasteiger partial charge in [-0.1, -0.05) is 48.2 Å². The maximum absolute atomic E-state index is 14.2. The van der Waals surface area contributed by atoms with Crippen LogP contribution in [-0.4, -0.2) is 58.6 Å². The summed E-state index contributed by atoms with van der Waals surface area (Å²) in [6, 6.07) is 23.3. The fourth-order valence-corrected chi connectivity index (χ4v) is 5.84. The summed E-state index contributed by atoms with van der Waals surface area (Å²) in [7, 11) is 1.95. The number of urea groups is 1. The molecule has 1 aliphatic carbocycles. The van der Waals surface area contributed by atoms with Crippen molar-refractivity contribution < 1.29 is 19.1 Å². The van der Waals surface area contributed by atoms with E-state index in [-0.39, 0.29) is 29.8 Å². The average molecular weight is 512 g/mol. The number of benzene rings is 3. The summed E-state index contributed by atoms with van der Waals surface area (Å²) in [5.74, 6) is 4.69. The molecule has 6 rings (SSSR count). The van der Waals surface area contributed by atoms with Crippen molar-refractivity contribution in [3.8, 4) is 11.8 Å². The van der Waals surface area contributed by atoms with Gasteiger partial charge in [0.05, 0.1) is 17.9 Å². The van der Waals surface area contributed by atoms with Crippen LogP contribution in [-0.2, 0) is 4.79 Å². The number of anilines is 2. The van der Waals surface area contributed by atoms with Gasteiger partial charge in [0.1, 0.15) is 11.9 Å². The highest BCUT2D eigenvalue weighted by Gasteiger charge is 2.54. The summed E-state index contributed by atoms with van der Waals surface area (Å²) in [5.41, 5.74) is 2.12. The van der Waals surface area contributed by atoms with Gasteiger partial charge in [0.15, 0.2) is 0 Å². The van der Waals surface area contributed by atoms with Crippen molar-refractivity contribution in [2.24, 2.45) is 5.92 Å². The van der Waals surface area contributed by atoms with Gasteiger partial charge < -0.3 is 10.0 Å². The van der Waals surface area contributed by atoms with Crippen LogP contribution in [0.5, 0.6) is 0 Å². The van der Waals surface area contributed by atoms with Gasteiger partial charge >= 0.3 is 12.0 Å². The summed E-state index contributed by atoms with van der Waals surface area (Å²) >= 11 is 0. The number of hydrogen-bond donors (Lipinski definition) is 1. The third-order valence-electron chi connectivity index (χ3n) is 7.61. The number of piperidine rings is 2. The lowest BCUT2D eigenvalue weighted by Gasteiger charge is -2.55. The Morgan fingerprint density at radius 1 is 0.947 bits per heavy atom. The highest BCUT2D eigenvalue weighted by Crippen LogP contribution is 2.43. The number of carbonyl (C=O) groups excluding carboxylic acids is 1. The first-order valence-electron chi connectivity index (χ1n) is 12.8. The second-order valence-electron chi connectivity index (χ2n) is 9.90. The molecule has 2 amide bonds. The Balaban J connectivity index is 1.39.